The molecule has 0 radical (unpaired) electrons. The fourth-order valence-corrected chi connectivity index (χ4v) is 2.40. The molecule has 1 aliphatic heterocycles. The monoisotopic (exact) mass is 286 g/mol. The number of carbonyl (C=O) groups excluding carboxylic acids is 1. The normalized spacial score (nSPS) is 17.3. The fraction of sp³-hybridized carbons (Fsp3) is 0.929. The maximum atomic E-state index is 10.9. The first kappa shape index (κ1) is 17.4. The van der Waals surface area contributed by atoms with Crippen LogP contribution < -0.4 is 11.1 Å². The molecule has 1 rings (SSSR count). The topological polar surface area (TPSA) is 70.8 Å². The van der Waals surface area contributed by atoms with Crippen LogP contribution in [0.15, 0.2) is 0 Å². The van der Waals surface area contributed by atoms with Crippen molar-refractivity contribution in [3.8, 4) is 0 Å². The Morgan fingerprint density at radius 2 is 1.70 bits per heavy atom. The average molecular weight is 286 g/mol. The SMILES string of the molecule is COC(=O)CCNCCCN1CCN(CCCN)CC1. The molecule has 0 aliphatic carbocycles. The van der Waals surface area contributed by atoms with Crippen LogP contribution in [0.25, 0.3) is 0 Å². The van der Waals surface area contributed by atoms with E-state index in [-0.39, 0.29) is 5.97 Å². The third-order valence-electron chi connectivity index (χ3n) is 3.70. The van der Waals surface area contributed by atoms with E-state index in [4.69, 9.17) is 5.73 Å². The van der Waals surface area contributed by atoms with Gasteiger partial charge in [-0.2, -0.15) is 0 Å². The van der Waals surface area contributed by atoms with Crippen molar-refractivity contribution in [2.75, 3.05) is 66.0 Å². The molecule has 0 aromatic rings. The minimum atomic E-state index is -0.147. The van der Waals surface area contributed by atoms with E-state index >= 15 is 0 Å². The highest BCUT2D eigenvalue weighted by atomic mass is 16.5. The lowest BCUT2D eigenvalue weighted by Gasteiger charge is -2.34. The average Bonchev–Trinajstić information content (AvgIpc) is 2.49. The Kier molecular flexibility index (Phi) is 9.57. The molecular formula is C14H30N4O2. The second-order valence-electron chi connectivity index (χ2n) is 5.26. The first-order chi connectivity index (χ1) is 9.76. The van der Waals surface area contributed by atoms with E-state index in [1.54, 1.807) is 0 Å². The molecule has 0 aromatic heterocycles. The Bertz CT molecular complexity index is 256. The minimum Gasteiger partial charge on any atom is -0.469 e. The molecule has 6 heteroatoms. The summed E-state index contributed by atoms with van der Waals surface area (Å²) in [4.78, 5) is 15.9. The maximum Gasteiger partial charge on any atom is 0.306 e. The molecule has 6 nitrogen and oxygen atoms in total. The summed E-state index contributed by atoms with van der Waals surface area (Å²) in [5.74, 6) is -0.147. The molecule has 1 fully saturated rings. The van der Waals surface area contributed by atoms with Gasteiger partial charge in [-0.05, 0) is 39.0 Å². The molecule has 0 spiro atoms. The molecule has 1 heterocycles. The van der Waals surface area contributed by atoms with Crippen LogP contribution in [0.4, 0.5) is 0 Å². The minimum absolute atomic E-state index is 0.147. The molecule has 0 saturated carbocycles. The van der Waals surface area contributed by atoms with Crippen molar-refractivity contribution in [1.29, 1.82) is 0 Å². The molecule has 0 unspecified atom stereocenters. The number of methoxy groups -OCH3 is 1. The number of carbonyl (C=O) groups is 1. The van der Waals surface area contributed by atoms with Crippen LogP contribution >= 0.6 is 0 Å². The molecule has 1 saturated heterocycles. The highest BCUT2D eigenvalue weighted by molar-refractivity contribution is 5.69. The zero-order valence-corrected chi connectivity index (χ0v) is 12.8. The predicted molar refractivity (Wildman–Crippen MR) is 80.7 cm³/mol. The van der Waals surface area contributed by atoms with Crippen LogP contribution in [0.2, 0.25) is 0 Å². The van der Waals surface area contributed by atoms with E-state index < -0.39 is 0 Å². The van der Waals surface area contributed by atoms with Crippen molar-refractivity contribution in [2.45, 2.75) is 19.3 Å². The lowest BCUT2D eigenvalue weighted by molar-refractivity contribution is -0.140. The molecule has 0 amide bonds. The summed E-state index contributed by atoms with van der Waals surface area (Å²) in [5, 5.41) is 3.28. The molecule has 0 aromatic carbocycles. The fourth-order valence-electron chi connectivity index (χ4n) is 2.40. The number of piperazine rings is 1. The van der Waals surface area contributed by atoms with Crippen LogP contribution in [0.3, 0.4) is 0 Å². The number of hydrogen-bond donors (Lipinski definition) is 2. The van der Waals surface area contributed by atoms with E-state index in [9.17, 15) is 4.79 Å². The van der Waals surface area contributed by atoms with Crippen molar-refractivity contribution in [3.63, 3.8) is 0 Å². The highest BCUT2D eigenvalue weighted by Crippen LogP contribution is 2.02. The van der Waals surface area contributed by atoms with E-state index in [1.807, 2.05) is 0 Å². The van der Waals surface area contributed by atoms with Gasteiger partial charge in [0.1, 0.15) is 0 Å². The van der Waals surface area contributed by atoms with Gasteiger partial charge in [-0.1, -0.05) is 0 Å². The standard InChI is InChI=1S/C14H30N4O2/c1-20-14(19)4-7-16-6-3-9-18-12-10-17(11-13-18)8-2-5-15/h16H,2-13,15H2,1H3. The van der Waals surface area contributed by atoms with Crippen LogP contribution in [0, 0.1) is 0 Å². The zero-order valence-electron chi connectivity index (χ0n) is 12.8. The van der Waals surface area contributed by atoms with Gasteiger partial charge in [-0.25, -0.2) is 0 Å². The summed E-state index contributed by atoms with van der Waals surface area (Å²) in [6.07, 6.45) is 2.68. The molecule has 0 atom stereocenters. The molecule has 1 aliphatic rings. The predicted octanol–water partition coefficient (Wildman–Crippen LogP) is -0.504. The van der Waals surface area contributed by atoms with Crippen LogP contribution in [0.1, 0.15) is 19.3 Å². The largest absolute Gasteiger partial charge is 0.469 e. The van der Waals surface area contributed by atoms with E-state index in [2.05, 4.69) is 19.9 Å². The van der Waals surface area contributed by atoms with Gasteiger partial charge in [0, 0.05) is 32.7 Å². The summed E-state index contributed by atoms with van der Waals surface area (Å²) in [5.41, 5.74) is 5.53. The molecule has 3 N–H and O–H groups in total. The van der Waals surface area contributed by atoms with Gasteiger partial charge in [0.25, 0.3) is 0 Å². The molecule has 20 heavy (non-hydrogen) atoms. The number of esters is 1. The van der Waals surface area contributed by atoms with Gasteiger partial charge in [0.2, 0.25) is 0 Å². The Labute approximate surface area is 122 Å². The van der Waals surface area contributed by atoms with Crippen molar-refractivity contribution in [3.05, 3.63) is 0 Å². The second kappa shape index (κ2) is 11.0. The van der Waals surface area contributed by atoms with Gasteiger partial charge in [-0.15, -0.1) is 0 Å². The Balaban J connectivity index is 1.92. The van der Waals surface area contributed by atoms with E-state index in [0.717, 1.165) is 65.2 Å². The molecule has 118 valence electrons. The third kappa shape index (κ3) is 7.79. The lowest BCUT2D eigenvalue weighted by atomic mass is 10.2. The van der Waals surface area contributed by atoms with Crippen molar-refractivity contribution >= 4 is 5.97 Å². The van der Waals surface area contributed by atoms with Gasteiger partial charge >= 0.3 is 5.97 Å². The second-order valence-corrected chi connectivity index (χ2v) is 5.26. The zero-order chi connectivity index (χ0) is 14.6. The Hall–Kier alpha value is -0.690. The van der Waals surface area contributed by atoms with Gasteiger partial charge < -0.3 is 25.6 Å². The van der Waals surface area contributed by atoms with Gasteiger partial charge in [-0.3, -0.25) is 4.79 Å². The smallest absolute Gasteiger partial charge is 0.306 e. The summed E-state index contributed by atoms with van der Waals surface area (Å²) in [6.45, 7) is 9.38. The number of nitrogens with two attached hydrogens (primary N) is 1. The number of nitrogens with zero attached hydrogens (tertiary/aromatic N) is 2. The summed E-state index contributed by atoms with van der Waals surface area (Å²) >= 11 is 0. The first-order valence-corrected chi connectivity index (χ1v) is 7.68. The van der Waals surface area contributed by atoms with Crippen molar-refractivity contribution in [2.24, 2.45) is 5.73 Å². The third-order valence-corrected chi connectivity index (χ3v) is 3.70. The van der Waals surface area contributed by atoms with Gasteiger partial charge in [0.05, 0.1) is 13.5 Å². The Morgan fingerprint density at radius 3 is 2.25 bits per heavy atom. The van der Waals surface area contributed by atoms with E-state index in [0.29, 0.717) is 13.0 Å². The molecular weight excluding hydrogens is 256 g/mol. The number of rotatable bonds is 10. The van der Waals surface area contributed by atoms with Crippen molar-refractivity contribution in [1.82, 2.24) is 15.1 Å². The van der Waals surface area contributed by atoms with Crippen LogP contribution in [-0.2, 0) is 9.53 Å². The number of ether oxygens (including phenoxy) is 1. The molecule has 0 bridgehead atoms. The Morgan fingerprint density at radius 1 is 1.10 bits per heavy atom. The van der Waals surface area contributed by atoms with Crippen LogP contribution in [-0.4, -0.2) is 81.8 Å². The van der Waals surface area contributed by atoms with Crippen molar-refractivity contribution < 1.29 is 9.53 Å². The number of nitrogens with one attached hydrogen (secondary N) is 1. The highest BCUT2D eigenvalue weighted by Gasteiger charge is 2.15. The lowest BCUT2D eigenvalue weighted by Crippen LogP contribution is -2.47. The summed E-state index contributed by atoms with van der Waals surface area (Å²) in [7, 11) is 1.43. The maximum absolute atomic E-state index is 10.9. The number of hydrogen-bond acceptors (Lipinski definition) is 6. The summed E-state index contributed by atoms with van der Waals surface area (Å²) < 4.78 is 4.59. The van der Waals surface area contributed by atoms with Crippen LogP contribution in [0.5, 0.6) is 0 Å². The van der Waals surface area contributed by atoms with E-state index in [1.165, 1.54) is 7.11 Å². The quantitative estimate of drug-likeness (QED) is 0.417. The summed E-state index contributed by atoms with van der Waals surface area (Å²) in [6, 6.07) is 0. The first-order valence-electron chi connectivity index (χ1n) is 7.68. The van der Waals surface area contributed by atoms with Gasteiger partial charge in [0.15, 0.2) is 0 Å².